The van der Waals surface area contributed by atoms with Gasteiger partial charge < -0.3 is 27.8 Å². The molecule has 2 rings (SSSR count). The lowest BCUT2D eigenvalue weighted by Gasteiger charge is -2.12. The molecule has 0 amide bonds. The van der Waals surface area contributed by atoms with E-state index in [4.69, 9.17) is 22.2 Å². The fourth-order valence-electron chi connectivity index (χ4n) is 2.88. The third-order valence-corrected chi connectivity index (χ3v) is 4.46. The minimum atomic E-state index is 0.0709. The Bertz CT molecular complexity index is 767. The molecule has 0 aliphatic rings. The van der Waals surface area contributed by atoms with E-state index >= 15 is 0 Å². The summed E-state index contributed by atoms with van der Waals surface area (Å²) in [5, 5.41) is 6.81. The molecule has 1 aromatic heterocycles. The van der Waals surface area contributed by atoms with Crippen molar-refractivity contribution in [2.45, 2.75) is 38.5 Å². The first-order valence-corrected chi connectivity index (χ1v) is 9.95. The Balaban J connectivity index is 1.67. The zero-order chi connectivity index (χ0) is 20.9. The highest BCUT2D eigenvalue weighted by Crippen LogP contribution is 2.06. The van der Waals surface area contributed by atoms with Crippen LogP contribution in [0.1, 0.15) is 35.4 Å². The topological polar surface area (TPSA) is 127 Å². The maximum atomic E-state index is 6.11. The second-order valence-electron chi connectivity index (χ2n) is 7.01. The molecule has 0 radical (unpaired) electrons. The van der Waals surface area contributed by atoms with Crippen LogP contribution < -0.4 is 27.8 Å². The lowest BCUT2D eigenvalue weighted by molar-refractivity contribution is 0.527. The third-order valence-electron chi connectivity index (χ3n) is 4.46. The minimum absolute atomic E-state index is 0.0709. The Morgan fingerprint density at radius 3 is 2.38 bits per heavy atom. The molecule has 0 spiro atoms. The summed E-state index contributed by atoms with van der Waals surface area (Å²) in [4.78, 5) is 8.66. The van der Waals surface area contributed by atoms with Crippen LogP contribution in [-0.2, 0) is 19.6 Å². The Labute approximate surface area is 173 Å². The highest BCUT2D eigenvalue weighted by atomic mass is 15.0. The Morgan fingerprint density at radius 1 is 1.03 bits per heavy atom. The van der Waals surface area contributed by atoms with Crippen molar-refractivity contribution in [1.82, 2.24) is 15.6 Å². The maximum absolute atomic E-state index is 6.11. The quantitative estimate of drug-likeness (QED) is 0.199. The largest absolute Gasteiger partial charge is 0.370 e. The number of nitrogens with two attached hydrogens (primary N) is 3. The van der Waals surface area contributed by atoms with Gasteiger partial charge in [0.25, 0.3) is 0 Å². The first kappa shape index (κ1) is 22.5. The second kappa shape index (κ2) is 12.7. The molecule has 0 saturated heterocycles. The van der Waals surface area contributed by atoms with Gasteiger partial charge in [-0.05, 0) is 36.1 Å². The standard InChI is InChI=1S/C22H33N7/c1-2-17-8-10-18(11-9-17)13-26-15-20-6-3-7-21(29-20)16-27-14-19(23)5-4-12-28-22(24)25/h2-3,6-11,19,26-27H,1,4-5,12-16,23H2,(H4,24,25,28)/t19-/m1/s1. The monoisotopic (exact) mass is 395 g/mol. The molecule has 1 aromatic carbocycles. The van der Waals surface area contributed by atoms with Crippen molar-refractivity contribution in [3.63, 3.8) is 0 Å². The highest BCUT2D eigenvalue weighted by Gasteiger charge is 2.03. The predicted octanol–water partition coefficient (Wildman–Crippen LogP) is 1.48. The number of hydrogen-bond donors (Lipinski definition) is 5. The van der Waals surface area contributed by atoms with E-state index in [1.165, 1.54) is 5.56 Å². The molecule has 1 heterocycles. The number of aliphatic imine (C=N–C) groups is 1. The van der Waals surface area contributed by atoms with Gasteiger partial charge in [-0.15, -0.1) is 0 Å². The summed E-state index contributed by atoms with van der Waals surface area (Å²) in [6.07, 6.45) is 3.59. The van der Waals surface area contributed by atoms with E-state index in [9.17, 15) is 0 Å². The normalized spacial score (nSPS) is 11.8. The van der Waals surface area contributed by atoms with Gasteiger partial charge in [-0.2, -0.15) is 0 Å². The third kappa shape index (κ3) is 9.34. The highest BCUT2D eigenvalue weighted by molar-refractivity contribution is 5.75. The van der Waals surface area contributed by atoms with Gasteiger partial charge in [0, 0.05) is 38.8 Å². The van der Waals surface area contributed by atoms with Crippen LogP contribution in [0.25, 0.3) is 6.08 Å². The summed E-state index contributed by atoms with van der Waals surface area (Å²) < 4.78 is 0. The van der Waals surface area contributed by atoms with Crippen molar-refractivity contribution in [2.75, 3.05) is 13.1 Å². The van der Waals surface area contributed by atoms with Crippen molar-refractivity contribution in [2.24, 2.45) is 22.2 Å². The first-order valence-electron chi connectivity index (χ1n) is 9.95. The van der Waals surface area contributed by atoms with Gasteiger partial charge in [0.15, 0.2) is 5.96 Å². The van der Waals surface area contributed by atoms with E-state index in [-0.39, 0.29) is 12.0 Å². The molecular weight excluding hydrogens is 362 g/mol. The van der Waals surface area contributed by atoms with Crippen molar-refractivity contribution >= 4 is 12.0 Å². The van der Waals surface area contributed by atoms with Gasteiger partial charge in [-0.25, -0.2) is 0 Å². The summed E-state index contributed by atoms with van der Waals surface area (Å²) in [6, 6.07) is 14.5. The molecule has 0 saturated carbocycles. The summed E-state index contributed by atoms with van der Waals surface area (Å²) in [5.41, 5.74) is 21.1. The van der Waals surface area contributed by atoms with Crippen LogP contribution in [0.5, 0.6) is 0 Å². The van der Waals surface area contributed by atoms with Crippen LogP contribution in [-0.4, -0.2) is 30.1 Å². The van der Waals surface area contributed by atoms with E-state index in [1.807, 2.05) is 24.3 Å². The zero-order valence-corrected chi connectivity index (χ0v) is 17.0. The van der Waals surface area contributed by atoms with Crippen LogP contribution in [0.2, 0.25) is 0 Å². The molecule has 29 heavy (non-hydrogen) atoms. The van der Waals surface area contributed by atoms with Crippen molar-refractivity contribution in [3.8, 4) is 0 Å². The summed E-state index contributed by atoms with van der Waals surface area (Å²) in [6.45, 7) is 7.34. The van der Waals surface area contributed by atoms with E-state index in [0.717, 1.165) is 49.4 Å². The fourth-order valence-corrected chi connectivity index (χ4v) is 2.88. The Hall–Kier alpha value is -2.74. The van der Waals surface area contributed by atoms with Crippen LogP contribution in [0.3, 0.4) is 0 Å². The van der Waals surface area contributed by atoms with E-state index < -0.39 is 0 Å². The summed E-state index contributed by atoms with van der Waals surface area (Å²) in [7, 11) is 0. The number of aromatic nitrogens is 1. The van der Waals surface area contributed by atoms with Gasteiger partial charge in [-0.1, -0.05) is 43.0 Å². The second-order valence-corrected chi connectivity index (χ2v) is 7.01. The molecule has 0 unspecified atom stereocenters. The number of hydrogen-bond acceptors (Lipinski definition) is 5. The number of nitrogens with zero attached hydrogens (tertiary/aromatic N) is 2. The number of benzene rings is 1. The first-order chi connectivity index (χ1) is 14.1. The van der Waals surface area contributed by atoms with E-state index in [0.29, 0.717) is 13.1 Å². The smallest absolute Gasteiger partial charge is 0.185 e. The zero-order valence-electron chi connectivity index (χ0n) is 17.0. The lowest BCUT2D eigenvalue weighted by atomic mass is 10.1. The number of rotatable bonds is 13. The molecule has 0 aliphatic carbocycles. The maximum Gasteiger partial charge on any atom is 0.185 e. The van der Waals surface area contributed by atoms with Gasteiger partial charge >= 0.3 is 0 Å². The van der Waals surface area contributed by atoms with Gasteiger partial charge in [0.1, 0.15) is 0 Å². The van der Waals surface area contributed by atoms with Crippen molar-refractivity contribution in [1.29, 1.82) is 0 Å². The molecule has 0 aliphatic heterocycles. The number of guanidine groups is 1. The fraction of sp³-hybridized carbons (Fsp3) is 0.364. The summed E-state index contributed by atoms with van der Waals surface area (Å²) in [5.74, 6) is 0.128. The van der Waals surface area contributed by atoms with Gasteiger partial charge in [0.2, 0.25) is 0 Å². The Kier molecular flexibility index (Phi) is 9.85. The van der Waals surface area contributed by atoms with Crippen LogP contribution in [0, 0.1) is 0 Å². The molecule has 0 fully saturated rings. The molecule has 0 bridgehead atoms. The summed E-state index contributed by atoms with van der Waals surface area (Å²) >= 11 is 0. The van der Waals surface area contributed by atoms with Crippen LogP contribution >= 0.6 is 0 Å². The van der Waals surface area contributed by atoms with E-state index in [1.54, 1.807) is 0 Å². The molecule has 1 atom stereocenters. The Morgan fingerprint density at radius 2 is 1.72 bits per heavy atom. The average molecular weight is 396 g/mol. The molecule has 156 valence electrons. The van der Waals surface area contributed by atoms with Crippen LogP contribution in [0.4, 0.5) is 0 Å². The number of pyridine rings is 1. The van der Waals surface area contributed by atoms with E-state index in [2.05, 4.69) is 46.5 Å². The average Bonchev–Trinajstić information content (AvgIpc) is 2.72. The molecular formula is C22H33N7. The predicted molar refractivity (Wildman–Crippen MR) is 121 cm³/mol. The SMILES string of the molecule is C=Cc1ccc(CNCc2cccc(CNC[C@H](N)CCCN=C(N)N)n2)cc1. The van der Waals surface area contributed by atoms with Crippen LogP contribution in [0.15, 0.2) is 54.0 Å². The minimum Gasteiger partial charge on any atom is -0.370 e. The molecule has 7 heteroatoms. The molecule has 2 aromatic rings. The van der Waals surface area contributed by atoms with Gasteiger partial charge in [-0.3, -0.25) is 9.98 Å². The molecule has 7 nitrogen and oxygen atoms in total. The number of nitrogens with one attached hydrogen (secondary N) is 2. The van der Waals surface area contributed by atoms with Gasteiger partial charge in [0.05, 0.1) is 11.4 Å². The lowest BCUT2D eigenvalue weighted by Crippen LogP contribution is -2.34. The van der Waals surface area contributed by atoms with Crippen molar-refractivity contribution < 1.29 is 0 Å². The van der Waals surface area contributed by atoms with Crippen molar-refractivity contribution in [3.05, 3.63) is 71.6 Å². The molecule has 8 N–H and O–H groups in total.